The van der Waals surface area contributed by atoms with Crippen molar-refractivity contribution in [1.82, 2.24) is 4.90 Å². The largest absolute Gasteiger partial charge is 0.454 e. The molecule has 3 aromatic rings. The van der Waals surface area contributed by atoms with E-state index in [9.17, 15) is 14.0 Å². The van der Waals surface area contributed by atoms with Crippen LogP contribution in [0.3, 0.4) is 0 Å². The van der Waals surface area contributed by atoms with Crippen LogP contribution in [0, 0.1) is 5.82 Å². The van der Waals surface area contributed by atoms with Crippen molar-refractivity contribution in [2.24, 2.45) is 0 Å². The minimum atomic E-state index is -0.807. The number of benzene rings is 3. The van der Waals surface area contributed by atoms with Gasteiger partial charge in [-0.2, -0.15) is 0 Å². The van der Waals surface area contributed by atoms with Crippen LogP contribution in [0.15, 0.2) is 72.8 Å². The molecule has 1 atom stereocenters. The average molecular weight is 478 g/mol. The summed E-state index contributed by atoms with van der Waals surface area (Å²) < 4.78 is 24.0. The summed E-state index contributed by atoms with van der Waals surface area (Å²) >= 11 is 5.70. The summed E-state index contributed by atoms with van der Waals surface area (Å²) in [6.07, 6.45) is -0.121. The van der Waals surface area contributed by atoms with Crippen LogP contribution in [0.4, 0.5) is 15.8 Å². The monoisotopic (exact) mass is 477 g/mol. The first-order chi connectivity index (χ1) is 16.5. The minimum Gasteiger partial charge on any atom is -0.454 e. The van der Waals surface area contributed by atoms with Crippen molar-refractivity contribution in [3.05, 3.63) is 84.2 Å². The highest BCUT2D eigenvalue weighted by Crippen LogP contribution is 2.34. The van der Waals surface area contributed by atoms with E-state index in [0.717, 1.165) is 5.56 Å². The minimum absolute atomic E-state index is 0.121. The van der Waals surface area contributed by atoms with Gasteiger partial charge in [-0.3, -0.25) is 14.5 Å². The quantitative estimate of drug-likeness (QED) is 0.540. The van der Waals surface area contributed by atoms with E-state index < -0.39 is 11.9 Å². The van der Waals surface area contributed by atoms with Crippen molar-refractivity contribution in [3.8, 4) is 11.5 Å². The molecule has 1 unspecified atom stereocenters. The molecule has 2 amide bonds. The van der Waals surface area contributed by atoms with Gasteiger partial charge in [0.2, 0.25) is 12.7 Å². The first-order valence-corrected chi connectivity index (χ1v) is 11.0. The van der Waals surface area contributed by atoms with Crippen LogP contribution < -0.4 is 19.7 Å². The van der Waals surface area contributed by atoms with Crippen LogP contribution in [0.25, 0.3) is 0 Å². The Morgan fingerprint density at radius 3 is 2.53 bits per heavy atom. The molecule has 0 aliphatic carbocycles. The van der Waals surface area contributed by atoms with E-state index in [2.05, 4.69) is 5.32 Å². The van der Waals surface area contributed by atoms with Gasteiger partial charge in [-0.1, -0.05) is 24.3 Å². The number of nitrogens with one attached hydrogen (secondary N) is 1. The molecule has 172 valence electrons. The fourth-order valence-corrected chi connectivity index (χ4v) is 4.37. The van der Waals surface area contributed by atoms with Crippen molar-refractivity contribution in [1.29, 1.82) is 0 Å². The Morgan fingerprint density at radius 2 is 1.76 bits per heavy atom. The predicted molar refractivity (Wildman–Crippen MR) is 128 cm³/mol. The number of ether oxygens (including phenoxy) is 2. The molecule has 0 aromatic heterocycles. The van der Waals surface area contributed by atoms with Crippen LogP contribution in [-0.4, -0.2) is 34.7 Å². The summed E-state index contributed by atoms with van der Waals surface area (Å²) in [7, 11) is 0. The van der Waals surface area contributed by atoms with Crippen molar-refractivity contribution >= 4 is 40.5 Å². The second-order valence-corrected chi connectivity index (χ2v) is 8.25. The van der Waals surface area contributed by atoms with Gasteiger partial charge in [0, 0.05) is 12.2 Å². The third kappa shape index (κ3) is 4.29. The first kappa shape index (κ1) is 21.8. The molecule has 1 N–H and O–H groups in total. The molecular weight excluding hydrogens is 457 g/mol. The fourth-order valence-electron chi connectivity index (χ4n) is 3.99. The zero-order valence-corrected chi connectivity index (χ0v) is 18.8. The van der Waals surface area contributed by atoms with Gasteiger partial charge in [0.05, 0.1) is 12.1 Å². The normalized spacial score (nSPS) is 16.8. The molecule has 0 spiro atoms. The van der Waals surface area contributed by atoms with Gasteiger partial charge in [-0.15, -0.1) is 0 Å². The molecule has 9 heteroatoms. The van der Waals surface area contributed by atoms with Gasteiger partial charge in [0.1, 0.15) is 11.9 Å². The average Bonchev–Trinajstić information content (AvgIpc) is 3.39. The lowest BCUT2D eigenvalue weighted by atomic mass is 10.1. The number of anilines is 2. The molecule has 0 radical (unpaired) electrons. The molecular formula is C25H20FN3O4S. The van der Waals surface area contributed by atoms with E-state index in [4.69, 9.17) is 21.7 Å². The maximum absolute atomic E-state index is 13.5. The van der Waals surface area contributed by atoms with E-state index in [0.29, 0.717) is 34.5 Å². The van der Waals surface area contributed by atoms with E-state index >= 15 is 0 Å². The van der Waals surface area contributed by atoms with Gasteiger partial charge in [0.15, 0.2) is 16.6 Å². The molecule has 1 fully saturated rings. The molecule has 1 saturated heterocycles. The highest BCUT2D eigenvalue weighted by molar-refractivity contribution is 7.80. The van der Waals surface area contributed by atoms with Crippen molar-refractivity contribution < 1.29 is 23.5 Å². The number of nitrogens with zero attached hydrogens (tertiary/aromatic N) is 2. The molecule has 34 heavy (non-hydrogen) atoms. The number of carbonyl (C=O) groups is 2. The Balaban J connectivity index is 1.40. The molecule has 2 aliphatic rings. The number of halogens is 1. The number of hydrogen-bond acceptors (Lipinski definition) is 5. The molecule has 5 rings (SSSR count). The second kappa shape index (κ2) is 9.11. The first-order valence-electron chi connectivity index (χ1n) is 10.6. The summed E-state index contributed by atoms with van der Waals surface area (Å²) in [6, 6.07) is 19.3. The van der Waals surface area contributed by atoms with E-state index in [1.54, 1.807) is 17.0 Å². The standard InChI is InChI=1S/C25H20FN3O4S/c26-17-7-9-18(10-8-17)27-23(30)13-20-24(31)29(19-4-2-1-3-5-19)25(34)28(20)14-16-6-11-21-22(12-16)33-15-32-21/h1-12,20H,13-15H2,(H,27,30). The van der Waals surface area contributed by atoms with E-state index in [-0.39, 0.29) is 25.0 Å². The number of thiocarbonyl (C=S) groups is 1. The Morgan fingerprint density at radius 1 is 1.03 bits per heavy atom. The molecule has 2 aliphatic heterocycles. The maximum atomic E-state index is 13.5. The summed E-state index contributed by atoms with van der Waals surface area (Å²) in [4.78, 5) is 29.5. The molecule has 3 aromatic carbocycles. The topological polar surface area (TPSA) is 71.1 Å². The summed E-state index contributed by atoms with van der Waals surface area (Å²) in [5, 5.41) is 3.03. The van der Waals surface area contributed by atoms with Crippen LogP contribution >= 0.6 is 12.2 Å². The van der Waals surface area contributed by atoms with E-state index in [1.807, 2.05) is 36.4 Å². The van der Waals surface area contributed by atoms with Gasteiger partial charge in [-0.25, -0.2) is 4.39 Å². The van der Waals surface area contributed by atoms with Crippen LogP contribution in [0.5, 0.6) is 11.5 Å². The Bertz CT molecular complexity index is 1250. The summed E-state index contributed by atoms with van der Waals surface area (Å²) in [5.41, 5.74) is 1.94. The third-order valence-electron chi connectivity index (χ3n) is 5.63. The van der Waals surface area contributed by atoms with Crippen LogP contribution in [0.1, 0.15) is 12.0 Å². The zero-order valence-electron chi connectivity index (χ0n) is 17.9. The van der Waals surface area contributed by atoms with E-state index in [1.165, 1.54) is 29.2 Å². The third-order valence-corrected chi connectivity index (χ3v) is 6.05. The number of hydrogen-bond donors (Lipinski definition) is 1. The molecule has 0 bridgehead atoms. The smallest absolute Gasteiger partial charge is 0.256 e. The number of carbonyl (C=O) groups excluding carboxylic acids is 2. The van der Waals surface area contributed by atoms with Crippen molar-refractivity contribution in [2.75, 3.05) is 17.0 Å². The number of amides is 2. The Kier molecular flexibility index (Phi) is 5.85. The Hall–Kier alpha value is -3.98. The van der Waals surface area contributed by atoms with Gasteiger partial charge in [0.25, 0.3) is 5.91 Å². The van der Waals surface area contributed by atoms with Gasteiger partial charge < -0.3 is 19.7 Å². The Labute approximate surface area is 200 Å². The lowest BCUT2D eigenvalue weighted by molar-refractivity contribution is -0.124. The van der Waals surface area contributed by atoms with Gasteiger partial charge >= 0.3 is 0 Å². The zero-order chi connectivity index (χ0) is 23.7. The van der Waals surface area contributed by atoms with Crippen molar-refractivity contribution in [3.63, 3.8) is 0 Å². The fraction of sp³-hybridized carbons (Fsp3) is 0.160. The SMILES string of the molecule is O=C(CC1C(=O)N(c2ccccc2)C(=S)N1Cc1ccc2c(c1)OCO2)Nc1ccc(F)cc1. The highest BCUT2D eigenvalue weighted by atomic mass is 32.1. The highest BCUT2D eigenvalue weighted by Gasteiger charge is 2.44. The van der Waals surface area contributed by atoms with Crippen LogP contribution in [-0.2, 0) is 16.1 Å². The molecule has 7 nitrogen and oxygen atoms in total. The molecule has 0 saturated carbocycles. The number of fused-ring (bicyclic) bond motifs is 1. The predicted octanol–water partition coefficient (Wildman–Crippen LogP) is 4.09. The maximum Gasteiger partial charge on any atom is 0.256 e. The van der Waals surface area contributed by atoms with Crippen molar-refractivity contribution in [2.45, 2.75) is 19.0 Å². The van der Waals surface area contributed by atoms with Gasteiger partial charge in [-0.05, 0) is 66.3 Å². The lowest BCUT2D eigenvalue weighted by Gasteiger charge is -2.24. The molecule has 2 heterocycles. The lowest BCUT2D eigenvalue weighted by Crippen LogP contribution is -2.37. The second-order valence-electron chi connectivity index (χ2n) is 7.88. The summed E-state index contributed by atoms with van der Waals surface area (Å²) in [6.45, 7) is 0.465. The number of rotatable bonds is 6. The summed E-state index contributed by atoms with van der Waals surface area (Å²) in [5.74, 6) is 0.219. The van der Waals surface area contributed by atoms with Crippen LogP contribution in [0.2, 0.25) is 0 Å². The number of para-hydroxylation sites is 1.